The second kappa shape index (κ2) is 6.67. The molecule has 1 aliphatic carbocycles. The first kappa shape index (κ1) is 14.7. The lowest BCUT2D eigenvalue weighted by Crippen LogP contribution is -2.49. The minimum Gasteiger partial charge on any atom is -0.340 e. The van der Waals surface area contributed by atoms with E-state index in [4.69, 9.17) is 0 Å². The van der Waals surface area contributed by atoms with Crippen LogP contribution >= 0.6 is 11.8 Å². The zero-order valence-electron chi connectivity index (χ0n) is 12.6. The van der Waals surface area contributed by atoms with Gasteiger partial charge in [-0.1, -0.05) is 0 Å². The molecule has 3 rings (SSSR count). The van der Waals surface area contributed by atoms with Crippen molar-refractivity contribution >= 4 is 17.7 Å². The van der Waals surface area contributed by atoms with E-state index < -0.39 is 0 Å². The van der Waals surface area contributed by atoms with Gasteiger partial charge in [-0.2, -0.15) is 11.8 Å². The van der Waals surface area contributed by atoms with Gasteiger partial charge >= 0.3 is 0 Å². The Bertz CT molecular complexity index is 340. The van der Waals surface area contributed by atoms with Gasteiger partial charge in [-0.3, -0.25) is 9.69 Å². The van der Waals surface area contributed by atoms with Gasteiger partial charge in [-0.15, -0.1) is 0 Å². The first-order chi connectivity index (χ1) is 9.74. The van der Waals surface area contributed by atoms with Crippen LogP contribution in [0.3, 0.4) is 0 Å². The van der Waals surface area contributed by atoms with Gasteiger partial charge in [0.25, 0.3) is 0 Å². The number of carbonyl (C=O) groups is 1. The minimum absolute atomic E-state index is 0.367. The summed E-state index contributed by atoms with van der Waals surface area (Å²) in [6.07, 6.45) is 3.54. The molecule has 3 aliphatic rings. The Labute approximate surface area is 126 Å². The van der Waals surface area contributed by atoms with Gasteiger partial charge in [0.2, 0.25) is 5.91 Å². The average molecular weight is 297 g/mol. The van der Waals surface area contributed by atoms with Gasteiger partial charge in [-0.05, 0) is 25.8 Å². The van der Waals surface area contributed by atoms with Crippen LogP contribution in [0.15, 0.2) is 0 Å². The van der Waals surface area contributed by atoms with E-state index in [0.717, 1.165) is 51.1 Å². The van der Waals surface area contributed by atoms with Crippen molar-refractivity contribution in [3.63, 3.8) is 0 Å². The van der Waals surface area contributed by atoms with E-state index in [1.807, 2.05) is 0 Å². The summed E-state index contributed by atoms with van der Waals surface area (Å²) >= 11 is 2.10. The zero-order chi connectivity index (χ0) is 13.9. The van der Waals surface area contributed by atoms with E-state index in [2.05, 4.69) is 33.5 Å². The van der Waals surface area contributed by atoms with E-state index in [1.165, 1.54) is 30.9 Å². The molecule has 0 bridgehead atoms. The molecule has 0 spiro atoms. The van der Waals surface area contributed by atoms with Crippen molar-refractivity contribution in [1.29, 1.82) is 0 Å². The maximum Gasteiger partial charge on any atom is 0.223 e. The summed E-state index contributed by atoms with van der Waals surface area (Å²) in [7, 11) is 2.13. The van der Waals surface area contributed by atoms with Gasteiger partial charge in [0.05, 0.1) is 0 Å². The number of amides is 1. The Balaban J connectivity index is 1.44. The number of rotatable bonds is 4. The van der Waals surface area contributed by atoms with E-state index in [0.29, 0.717) is 5.91 Å². The number of thioether (sulfide) groups is 1. The highest BCUT2D eigenvalue weighted by Crippen LogP contribution is 2.38. The van der Waals surface area contributed by atoms with Gasteiger partial charge in [-0.25, -0.2) is 0 Å². The monoisotopic (exact) mass is 297 g/mol. The molecule has 1 atom stereocenters. The normalized spacial score (nSPS) is 29.6. The molecule has 20 heavy (non-hydrogen) atoms. The molecule has 3 fully saturated rings. The molecule has 1 saturated carbocycles. The largest absolute Gasteiger partial charge is 0.340 e. The Hall–Kier alpha value is -0.260. The van der Waals surface area contributed by atoms with Crippen molar-refractivity contribution in [2.24, 2.45) is 5.92 Å². The number of piperazine rings is 1. The molecule has 0 unspecified atom stereocenters. The van der Waals surface area contributed by atoms with Crippen molar-refractivity contribution in [3.05, 3.63) is 0 Å². The smallest absolute Gasteiger partial charge is 0.223 e. The highest BCUT2D eigenvalue weighted by atomic mass is 32.2. The van der Waals surface area contributed by atoms with Crippen molar-refractivity contribution in [1.82, 2.24) is 14.7 Å². The Morgan fingerprint density at radius 2 is 1.90 bits per heavy atom. The highest BCUT2D eigenvalue weighted by Gasteiger charge is 2.36. The van der Waals surface area contributed by atoms with Crippen LogP contribution in [-0.4, -0.2) is 84.5 Å². The summed E-state index contributed by atoms with van der Waals surface area (Å²) in [5, 5.41) is 0. The summed E-state index contributed by atoms with van der Waals surface area (Å²) in [6, 6.07) is 0.758. The lowest BCUT2D eigenvalue weighted by atomic mass is 10.1. The molecule has 2 heterocycles. The maximum absolute atomic E-state index is 12.3. The van der Waals surface area contributed by atoms with Crippen LogP contribution in [0.25, 0.3) is 0 Å². The van der Waals surface area contributed by atoms with Crippen molar-refractivity contribution in [3.8, 4) is 0 Å². The topological polar surface area (TPSA) is 26.8 Å². The molecule has 2 aliphatic heterocycles. The second-order valence-corrected chi connectivity index (χ2v) is 7.60. The summed E-state index contributed by atoms with van der Waals surface area (Å²) in [4.78, 5) is 19.3. The molecular formula is C15H27N3OS. The zero-order valence-corrected chi connectivity index (χ0v) is 13.4. The van der Waals surface area contributed by atoms with Gasteiger partial charge in [0.1, 0.15) is 0 Å². The Morgan fingerprint density at radius 1 is 1.15 bits per heavy atom. The quantitative estimate of drug-likeness (QED) is 0.773. The van der Waals surface area contributed by atoms with Crippen LogP contribution in [0.1, 0.15) is 19.3 Å². The SMILES string of the molecule is CN1CCN(C(=O)CCN2CCSC[C@H]2C2CC2)CC1. The summed E-state index contributed by atoms with van der Waals surface area (Å²) in [5.41, 5.74) is 0. The number of nitrogens with zero attached hydrogens (tertiary/aromatic N) is 3. The van der Waals surface area contributed by atoms with Gasteiger partial charge in [0, 0.05) is 63.2 Å². The third-order valence-electron chi connectivity index (χ3n) is 4.92. The van der Waals surface area contributed by atoms with Crippen LogP contribution in [0.5, 0.6) is 0 Å². The molecule has 0 N–H and O–H groups in total. The molecule has 2 saturated heterocycles. The average Bonchev–Trinajstić information content (AvgIpc) is 3.30. The molecule has 0 aromatic rings. The van der Waals surface area contributed by atoms with Crippen LogP contribution < -0.4 is 0 Å². The molecule has 1 amide bonds. The second-order valence-electron chi connectivity index (χ2n) is 6.45. The van der Waals surface area contributed by atoms with E-state index >= 15 is 0 Å². The van der Waals surface area contributed by atoms with Crippen molar-refractivity contribution in [2.75, 3.05) is 57.8 Å². The van der Waals surface area contributed by atoms with Crippen LogP contribution in [0, 0.1) is 5.92 Å². The molecule has 0 radical (unpaired) electrons. The third-order valence-corrected chi connectivity index (χ3v) is 5.96. The van der Waals surface area contributed by atoms with Crippen LogP contribution in [0.4, 0.5) is 0 Å². The number of likely N-dealkylation sites (N-methyl/N-ethyl adjacent to an activating group) is 1. The van der Waals surface area contributed by atoms with E-state index in [9.17, 15) is 4.79 Å². The maximum atomic E-state index is 12.3. The van der Waals surface area contributed by atoms with E-state index in [1.54, 1.807) is 0 Å². The number of carbonyl (C=O) groups excluding carboxylic acids is 1. The summed E-state index contributed by atoms with van der Waals surface area (Å²) < 4.78 is 0. The standard InChI is InChI=1S/C15H27N3OS/c1-16-6-8-18(9-7-16)15(19)4-5-17-10-11-20-12-14(17)13-2-3-13/h13-14H,2-12H2,1H3/t14-/m0/s1. The first-order valence-electron chi connectivity index (χ1n) is 8.02. The number of hydrogen-bond acceptors (Lipinski definition) is 4. The van der Waals surface area contributed by atoms with Gasteiger partial charge < -0.3 is 9.80 Å². The fourth-order valence-electron chi connectivity index (χ4n) is 3.30. The minimum atomic E-state index is 0.367. The lowest BCUT2D eigenvalue weighted by Gasteiger charge is -2.37. The summed E-state index contributed by atoms with van der Waals surface area (Å²) in [5.74, 6) is 3.83. The Morgan fingerprint density at radius 3 is 2.60 bits per heavy atom. The predicted octanol–water partition coefficient (Wildman–Crippen LogP) is 0.978. The molecular weight excluding hydrogens is 270 g/mol. The van der Waals surface area contributed by atoms with Crippen LogP contribution in [0.2, 0.25) is 0 Å². The van der Waals surface area contributed by atoms with E-state index in [-0.39, 0.29) is 0 Å². The molecule has 114 valence electrons. The third kappa shape index (κ3) is 3.68. The summed E-state index contributed by atoms with van der Waals surface area (Å²) in [6.45, 7) is 6.04. The Kier molecular flexibility index (Phi) is 4.89. The van der Waals surface area contributed by atoms with Gasteiger partial charge in [0.15, 0.2) is 0 Å². The fraction of sp³-hybridized carbons (Fsp3) is 0.933. The molecule has 4 nitrogen and oxygen atoms in total. The fourth-order valence-corrected chi connectivity index (χ4v) is 4.56. The molecule has 0 aromatic carbocycles. The van der Waals surface area contributed by atoms with Crippen molar-refractivity contribution < 1.29 is 4.79 Å². The van der Waals surface area contributed by atoms with Crippen molar-refractivity contribution in [2.45, 2.75) is 25.3 Å². The van der Waals surface area contributed by atoms with Crippen LogP contribution in [-0.2, 0) is 4.79 Å². The number of hydrogen-bond donors (Lipinski definition) is 0. The first-order valence-corrected chi connectivity index (χ1v) is 9.17. The predicted molar refractivity (Wildman–Crippen MR) is 84.1 cm³/mol. The highest BCUT2D eigenvalue weighted by molar-refractivity contribution is 7.99. The molecule has 5 heteroatoms. The molecule has 0 aromatic heterocycles. The lowest BCUT2D eigenvalue weighted by molar-refractivity contribution is -0.133.